The fourth-order valence-electron chi connectivity index (χ4n) is 2.23. The lowest BCUT2D eigenvalue weighted by molar-refractivity contribution is 0.533. The van der Waals surface area contributed by atoms with Crippen LogP contribution in [-0.2, 0) is 16.6 Å². The highest BCUT2D eigenvalue weighted by molar-refractivity contribution is 7.89. The number of benzene rings is 1. The number of rotatable bonds is 8. The van der Waals surface area contributed by atoms with Gasteiger partial charge in [0.1, 0.15) is 0 Å². The molecule has 0 aliphatic rings. The summed E-state index contributed by atoms with van der Waals surface area (Å²) in [5.41, 5.74) is 1.83. The molecule has 1 aromatic rings. The van der Waals surface area contributed by atoms with Crippen LogP contribution >= 0.6 is 0 Å². The summed E-state index contributed by atoms with van der Waals surface area (Å²) in [7, 11) is -1.59. The summed E-state index contributed by atoms with van der Waals surface area (Å²) in [5.74, 6) is 0. The van der Waals surface area contributed by atoms with Crippen molar-refractivity contribution < 1.29 is 8.42 Å². The number of hydrogen-bond acceptors (Lipinski definition) is 3. The van der Waals surface area contributed by atoms with Crippen molar-refractivity contribution in [2.45, 2.75) is 57.5 Å². The highest BCUT2D eigenvalue weighted by Crippen LogP contribution is 2.19. The van der Waals surface area contributed by atoms with Gasteiger partial charge in [-0.25, -0.2) is 13.1 Å². The first-order valence-corrected chi connectivity index (χ1v) is 8.66. The lowest BCUT2D eigenvalue weighted by Crippen LogP contribution is -2.33. The predicted molar refractivity (Wildman–Crippen MR) is 83.3 cm³/mol. The van der Waals surface area contributed by atoms with Crippen molar-refractivity contribution in [3.05, 3.63) is 29.3 Å². The maximum Gasteiger partial charge on any atom is 0.241 e. The average molecular weight is 298 g/mol. The Hall–Kier alpha value is -0.910. The third kappa shape index (κ3) is 4.58. The molecule has 0 radical (unpaired) electrons. The molecule has 4 nitrogen and oxygen atoms in total. The van der Waals surface area contributed by atoms with Gasteiger partial charge in [0.15, 0.2) is 0 Å². The van der Waals surface area contributed by atoms with E-state index in [1.54, 1.807) is 12.1 Å². The van der Waals surface area contributed by atoms with Crippen molar-refractivity contribution in [2.24, 2.45) is 0 Å². The molecule has 0 bridgehead atoms. The number of hydrogen-bond donors (Lipinski definition) is 2. The van der Waals surface area contributed by atoms with Crippen LogP contribution in [0.2, 0.25) is 0 Å². The Kier molecular flexibility index (Phi) is 6.65. The van der Waals surface area contributed by atoms with Gasteiger partial charge in [-0.3, -0.25) is 0 Å². The molecule has 0 heterocycles. The van der Waals surface area contributed by atoms with Gasteiger partial charge >= 0.3 is 0 Å². The average Bonchev–Trinajstić information content (AvgIpc) is 2.38. The van der Waals surface area contributed by atoms with E-state index in [0.717, 1.165) is 30.4 Å². The smallest absolute Gasteiger partial charge is 0.241 e. The lowest BCUT2D eigenvalue weighted by atomic mass is 10.1. The van der Waals surface area contributed by atoms with E-state index < -0.39 is 10.0 Å². The van der Waals surface area contributed by atoms with Crippen LogP contribution in [-0.4, -0.2) is 21.5 Å². The Balaban J connectivity index is 2.95. The third-order valence-corrected chi connectivity index (χ3v) is 5.13. The maximum atomic E-state index is 12.5. The molecule has 0 amide bonds. The van der Waals surface area contributed by atoms with Gasteiger partial charge in [-0.1, -0.05) is 31.9 Å². The van der Waals surface area contributed by atoms with Crippen molar-refractivity contribution in [1.82, 2.24) is 10.0 Å². The first-order chi connectivity index (χ1) is 9.42. The van der Waals surface area contributed by atoms with E-state index in [0.29, 0.717) is 11.4 Å². The van der Waals surface area contributed by atoms with Gasteiger partial charge in [-0.05, 0) is 44.5 Å². The molecule has 0 saturated heterocycles. The van der Waals surface area contributed by atoms with E-state index in [9.17, 15) is 8.42 Å². The second-order valence-electron chi connectivity index (χ2n) is 5.24. The Morgan fingerprint density at radius 2 is 2.00 bits per heavy atom. The quantitative estimate of drug-likeness (QED) is 0.775. The van der Waals surface area contributed by atoms with E-state index in [2.05, 4.69) is 17.0 Å². The van der Waals surface area contributed by atoms with Gasteiger partial charge in [0.25, 0.3) is 0 Å². The van der Waals surface area contributed by atoms with Crippen molar-refractivity contribution in [3.8, 4) is 0 Å². The molecule has 5 heteroatoms. The normalized spacial score (nSPS) is 13.4. The van der Waals surface area contributed by atoms with Crippen LogP contribution in [0.25, 0.3) is 0 Å². The highest BCUT2D eigenvalue weighted by atomic mass is 32.2. The van der Waals surface area contributed by atoms with Crippen molar-refractivity contribution in [3.63, 3.8) is 0 Å². The van der Waals surface area contributed by atoms with Gasteiger partial charge in [0.2, 0.25) is 10.0 Å². The number of unbranched alkanes of at least 4 members (excludes halogenated alkanes) is 1. The first kappa shape index (κ1) is 17.1. The van der Waals surface area contributed by atoms with E-state index in [-0.39, 0.29) is 6.04 Å². The molecule has 0 spiro atoms. The molecule has 1 aromatic carbocycles. The minimum absolute atomic E-state index is 0.0349. The zero-order valence-electron chi connectivity index (χ0n) is 12.9. The van der Waals surface area contributed by atoms with E-state index >= 15 is 0 Å². The first-order valence-electron chi connectivity index (χ1n) is 7.17. The topological polar surface area (TPSA) is 58.2 Å². The molecular formula is C15H26N2O2S. The van der Waals surface area contributed by atoms with Crippen LogP contribution in [0.1, 0.15) is 44.2 Å². The number of nitrogens with one attached hydrogen (secondary N) is 2. The van der Waals surface area contributed by atoms with Crippen LogP contribution < -0.4 is 10.0 Å². The van der Waals surface area contributed by atoms with Crippen molar-refractivity contribution in [2.75, 3.05) is 7.05 Å². The minimum atomic E-state index is -3.44. The summed E-state index contributed by atoms with van der Waals surface area (Å²) >= 11 is 0. The Morgan fingerprint density at radius 1 is 1.30 bits per heavy atom. The summed E-state index contributed by atoms with van der Waals surface area (Å²) in [5, 5.41) is 3.06. The molecule has 20 heavy (non-hydrogen) atoms. The molecule has 1 atom stereocenters. The second kappa shape index (κ2) is 7.76. The fraction of sp³-hybridized carbons (Fsp3) is 0.600. The molecule has 0 aliphatic carbocycles. The second-order valence-corrected chi connectivity index (χ2v) is 6.92. The van der Waals surface area contributed by atoms with Gasteiger partial charge in [0, 0.05) is 12.6 Å². The summed E-state index contributed by atoms with van der Waals surface area (Å²) < 4.78 is 27.7. The summed E-state index contributed by atoms with van der Waals surface area (Å²) in [4.78, 5) is 0.383. The Labute approximate surface area is 123 Å². The fourth-order valence-corrected chi connectivity index (χ4v) is 3.80. The van der Waals surface area contributed by atoms with Gasteiger partial charge < -0.3 is 5.32 Å². The summed E-state index contributed by atoms with van der Waals surface area (Å²) in [6.45, 7) is 6.55. The molecule has 114 valence electrons. The van der Waals surface area contributed by atoms with Crippen molar-refractivity contribution in [1.29, 1.82) is 0 Å². The zero-order chi connectivity index (χ0) is 15.2. The molecule has 1 rings (SSSR count). The molecule has 1 unspecified atom stereocenters. The molecule has 0 fully saturated rings. The van der Waals surface area contributed by atoms with E-state index in [4.69, 9.17) is 0 Å². The lowest BCUT2D eigenvalue weighted by Gasteiger charge is -2.16. The van der Waals surface area contributed by atoms with Crippen LogP contribution in [0.3, 0.4) is 0 Å². The van der Waals surface area contributed by atoms with Gasteiger partial charge in [-0.2, -0.15) is 0 Å². The van der Waals surface area contributed by atoms with Gasteiger partial charge in [-0.15, -0.1) is 0 Å². The SMILES string of the molecule is CCCCC(C)NS(=O)(=O)c1cccc(CNC)c1C. The highest BCUT2D eigenvalue weighted by Gasteiger charge is 2.20. The molecular weight excluding hydrogens is 272 g/mol. The molecule has 2 N–H and O–H groups in total. The van der Waals surface area contributed by atoms with Crippen molar-refractivity contribution >= 4 is 10.0 Å². The largest absolute Gasteiger partial charge is 0.316 e. The molecule has 0 saturated carbocycles. The molecule has 0 aromatic heterocycles. The summed E-state index contributed by atoms with van der Waals surface area (Å²) in [6.07, 6.45) is 2.97. The monoisotopic (exact) mass is 298 g/mol. The zero-order valence-corrected chi connectivity index (χ0v) is 13.7. The van der Waals surface area contributed by atoms with E-state index in [1.807, 2.05) is 27.0 Å². The third-order valence-electron chi connectivity index (χ3n) is 3.40. The Morgan fingerprint density at radius 3 is 2.60 bits per heavy atom. The predicted octanol–water partition coefficient (Wildman–Crippen LogP) is 2.57. The van der Waals surface area contributed by atoms with Crippen LogP contribution in [0.4, 0.5) is 0 Å². The number of sulfonamides is 1. The molecule has 0 aliphatic heterocycles. The summed E-state index contributed by atoms with van der Waals surface area (Å²) in [6, 6.07) is 5.38. The standard InChI is InChI=1S/C15H26N2O2S/c1-5-6-8-12(2)17-20(18,19)15-10-7-9-14(11-16-4)13(15)3/h7,9-10,12,16-17H,5-6,8,11H2,1-4H3. The van der Waals surface area contributed by atoms with Gasteiger partial charge in [0.05, 0.1) is 4.90 Å². The van der Waals surface area contributed by atoms with E-state index in [1.165, 1.54) is 0 Å². The van der Waals surface area contributed by atoms with Crippen LogP contribution in [0, 0.1) is 6.92 Å². The van der Waals surface area contributed by atoms with Crippen LogP contribution in [0.15, 0.2) is 23.1 Å². The Bertz CT molecular complexity index is 527. The maximum absolute atomic E-state index is 12.5. The minimum Gasteiger partial charge on any atom is -0.316 e. The van der Waals surface area contributed by atoms with Crippen LogP contribution in [0.5, 0.6) is 0 Å².